The van der Waals surface area contributed by atoms with Crippen LogP contribution in [0.2, 0.25) is 0 Å². The van der Waals surface area contributed by atoms with Crippen molar-refractivity contribution < 1.29 is 23.1 Å². The summed E-state index contributed by atoms with van der Waals surface area (Å²) in [6, 6.07) is 3.52. The number of pyridine rings is 1. The molecule has 1 N–H and O–H groups in total. The van der Waals surface area contributed by atoms with Gasteiger partial charge < -0.3 is 10.0 Å². The summed E-state index contributed by atoms with van der Waals surface area (Å²) in [7, 11) is 1.50. The third-order valence-electron chi connectivity index (χ3n) is 2.39. The lowest BCUT2D eigenvalue weighted by Crippen LogP contribution is -2.29. The Morgan fingerprint density at radius 2 is 2.11 bits per heavy atom. The largest absolute Gasteiger partial charge is 0.481 e. The van der Waals surface area contributed by atoms with Gasteiger partial charge in [-0.15, -0.1) is 0 Å². The molecule has 18 heavy (non-hydrogen) atoms. The monoisotopic (exact) mass is 262 g/mol. The summed E-state index contributed by atoms with van der Waals surface area (Å²) in [5, 5.41) is 8.73. The molecule has 0 aromatic carbocycles. The molecule has 1 unspecified atom stereocenters. The summed E-state index contributed by atoms with van der Waals surface area (Å²) >= 11 is 0. The van der Waals surface area contributed by atoms with Crippen LogP contribution in [0.3, 0.4) is 0 Å². The van der Waals surface area contributed by atoms with Gasteiger partial charge in [-0.2, -0.15) is 13.2 Å². The molecule has 0 spiro atoms. The van der Waals surface area contributed by atoms with E-state index in [4.69, 9.17) is 5.11 Å². The van der Waals surface area contributed by atoms with Crippen LogP contribution >= 0.6 is 0 Å². The van der Waals surface area contributed by atoms with Crippen molar-refractivity contribution in [2.75, 3.05) is 18.5 Å². The van der Waals surface area contributed by atoms with E-state index in [9.17, 15) is 18.0 Å². The van der Waals surface area contributed by atoms with Crippen LogP contribution in [0.15, 0.2) is 18.2 Å². The van der Waals surface area contributed by atoms with Gasteiger partial charge in [0.25, 0.3) is 0 Å². The average molecular weight is 262 g/mol. The third-order valence-corrected chi connectivity index (χ3v) is 2.39. The van der Waals surface area contributed by atoms with Crippen LogP contribution in [0, 0.1) is 5.92 Å². The molecule has 0 radical (unpaired) electrons. The highest BCUT2D eigenvalue weighted by Crippen LogP contribution is 2.28. The molecule has 0 bridgehead atoms. The highest BCUT2D eigenvalue weighted by Gasteiger charge is 2.32. The standard InChI is InChI=1S/C11H13F3N2O2/c1-7(10(17)18)6-16(2)9-5-3-4-8(15-9)11(12,13)14/h3-5,7H,6H2,1-2H3,(H,17,18). The predicted octanol–water partition coefficient (Wildman–Crippen LogP) is 2.26. The number of carboxylic acids is 1. The Labute approximate surface area is 102 Å². The van der Waals surface area contributed by atoms with Gasteiger partial charge in [-0.25, -0.2) is 4.98 Å². The predicted molar refractivity (Wildman–Crippen MR) is 59.3 cm³/mol. The Morgan fingerprint density at radius 1 is 1.50 bits per heavy atom. The SMILES string of the molecule is CC(CN(C)c1cccc(C(F)(F)F)n1)C(=O)O. The molecule has 0 amide bonds. The van der Waals surface area contributed by atoms with Crippen molar-refractivity contribution >= 4 is 11.8 Å². The second-order valence-corrected chi connectivity index (χ2v) is 4.00. The Hall–Kier alpha value is -1.79. The smallest absolute Gasteiger partial charge is 0.433 e. The second kappa shape index (κ2) is 5.24. The van der Waals surface area contributed by atoms with Crippen molar-refractivity contribution in [2.24, 2.45) is 5.92 Å². The zero-order valence-corrected chi connectivity index (χ0v) is 9.90. The van der Waals surface area contributed by atoms with Crippen LogP contribution in [0.4, 0.5) is 19.0 Å². The number of halogens is 3. The first-order valence-corrected chi connectivity index (χ1v) is 5.20. The van der Waals surface area contributed by atoms with Crippen molar-refractivity contribution in [2.45, 2.75) is 13.1 Å². The zero-order chi connectivity index (χ0) is 13.9. The fourth-order valence-electron chi connectivity index (χ4n) is 1.38. The number of anilines is 1. The number of rotatable bonds is 4. The molecule has 1 heterocycles. The van der Waals surface area contributed by atoms with E-state index in [0.29, 0.717) is 0 Å². The number of aliphatic carboxylic acids is 1. The van der Waals surface area contributed by atoms with Crippen LogP contribution in [0.25, 0.3) is 0 Å². The van der Waals surface area contributed by atoms with E-state index in [1.165, 1.54) is 31.0 Å². The maximum absolute atomic E-state index is 12.4. The lowest BCUT2D eigenvalue weighted by Gasteiger charge is -2.21. The number of hydrogen-bond donors (Lipinski definition) is 1. The molecule has 0 fully saturated rings. The van der Waals surface area contributed by atoms with Crippen LogP contribution in [-0.2, 0) is 11.0 Å². The average Bonchev–Trinajstić information content (AvgIpc) is 2.27. The van der Waals surface area contributed by atoms with Gasteiger partial charge in [0.2, 0.25) is 0 Å². The quantitative estimate of drug-likeness (QED) is 0.904. The molecular formula is C11H13F3N2O2. The lowest BCUT2D eigenvalue weighted by atomic mass is 10.2. The Kier molecular flexibility index (Phi) is 4.15. The minimum absolute atomic E-state index is 0.0869. The van der Waals surface area contributed by atoms with Crippen molar-refractivity contribution in [3.8, 4) is 0 Å². The number of alkyl halides is 3. The molecule has 4 nitrogen and oxygen atoms in total. The van der Waals surface area contributed by atoms with E-state index in [-0.39, 0.29) is 12.4 Å². The van der Waals surface area contributed by atoms with Gasteiger partial charge in [0.05, 0.1) is 5.92 Å². The molecular weight excluding hydrogens is 249 g/mol. The van der Waals surface area contributed by atoms with Gasteiger partial charge in [0.15, 0.2) is 0 Å². The number of carboxylic acid groups (broad SMARTS) is 1. The van der Waals surface area contributed by atoms with Crippen molar-refractivity contribution in [3.05, 3.63) is 23.9 Å². The molecule has 0 saturated carbocycles. The van der Waals surface area contributed by atoms with E-state index < -0.39 is 23.8 Å². The van der Waals surface area contributed by atoms with E-state index in [1.54, 1.807) is 0 Å². The number of aromatic nitrogens is 1. The highest BCUT2D eigenvalue weighted by atomic mass is 19.4. The number of nitrogens with zero attached hydrogens (tertiary/aromatic N) is 2. The summed E-state index contributed by atoms with van der Waals surface area (Å²) in [6.45, 7) is 1.57. The molecule has 0 saturated heterocycles. The van der Waals surface area contributed by atoms with E-state index in [2.05, 4.69) is 4.98 Å². The Morgan fingerprint density at radius 3 is 2.61 bits per heavy atom. The Bertz CT molecular complexity index is 435. The minimum Gasteiger partial charge on any atom is -0.481 e. The second-order valence-electron chi connectivity index (χ2n) is 4.00. The summed E-state index contributed by atoms with van der Waals surface area (Å²) < 4.78 is 37.3. The fourth-order valence-corrected chi connectivity index (χ4v) is 1.38. The Balaban J connectivity index is 2.87. The van der Waals surface area contributed by atoms with Gasteiger partial charge in [0, 0.05) is 13.6 Å². The number of carbonyl (C=O) groups is 1. The maximum atomic E-state index is 12.4. The van der Waals surface area contributed by atoms with Gasteiger partial charge >= 0.3 is 12.1 Å². The molecule has 1 rings (SSSR count). The normalized spacial score (nSPS) is 13.2. The fraction of sp³-hybridized carbons (Fsp3) is 0.455. The van der Waals surface area contributed by atoms with Gasteiger partial charge in [0.1, 0.15) is 11.5 Å². The third kappa shape index (κ3) is 3.61. The lowest BCUT2D eigenvalue weighted by molar-refractivity contribution is -0.142. The maximum Gasteiger partial charge on any atom is 0.433 e. The molecule has 0 aliphatic heterocycles. The minimum atomic E-state index is -4.50. The molecule has 100 valence electrons. The van der Waals surface area contributed by atoms with Crippen molar-refractivity contribution in [1.82, 2.24) is 4.98 Å². The molecule has 1 atom stereocenters. The van der Waals surface area contributed by atoms with E-state index in [0.717, 1.165) is 6.07 Å². The van der Waals surface area contributed by atoms with Gasteiger partial charge in [-0.3, -0.25) is 4.79 Å². The number of hydrogen-bond acceptors (Lipinski definition) is 3. The summed E-state index contributed by atoms with van der Waals surface area (Å²) in [5.74, 6) is -1.60. The molecule has 1 aromatic heterocycles. The van der Waals surface area contributed by atoms with Crippen LogP contribution in [-0.4, -0.2) is 29.7 Å². The van der Waals surface area contributed by atoms with Gasteiger partial charge in [-0.1, -0.05) is 13.0 Å². The summed E-state index contributed by atoms with van der Waals surface area (Å²) in [5.41, 5.74) is -0.991. The summed E-state index contributed by atoms with van der Waals surface area (Å²) in [4.78, 5) is 15.5. The zero-order valence-electron chi connectivity index (χ0n) is 9.90. The van der Waals surface area contributed by atoms with Crippen LogP contribution < -0.4 is 4.90 Å². The van der Waals surface area contributed by atoms with Crippen LogP contribution in [0.1, 0.15) is 12.6 Å². The van der Waals surface area contributed by atoms with Crippen molar-refractivity contribution in [3.63, 3.8) is 0 Å². The first kappa shape index (κ1) is 14.3. The van der Waals surface area contributed by atoms with Crippen LogP contribution in [0.5, 0.6) is 0 Å². The highest BCUT2D eigenvalue weighted by molar-refractivity contribution is 5.70. The molecule has 0 aliphatic carbocycles. The summed E-state index contributed by atoms with van der Waals surface area (Å²) in [6.07, 6.45) is -4.50. The van der Waals surface area contributed by atoms with E-state index in [1.807, 2.05) is 0 Å². The molecule has 0 aliphatic rings. The molecule has 1 aromatic rings. The van der Waals surface area contributed by atoms with Gasteiger partial charge in [-0.05, 0) is 12.1 Å². The topological polar surface area (TPSA) is 53.4 Å². The first-order chi connectivity index (χ1) is 8.21. The van der Waals surface area contributed by atoms with Crippen molar-refractivity contribution in [1.29, 1.82) is 0 Å². The van der Waals surface area contributed by atoms with E-state index >= 15 is 0 Å². The first-order valence-electron chi connectivity index (χ1n) is 5.20. The molecule has 7 heteroatoms.